The van der Waals surface area contributed by atoms with E-state index in [9.17, 15) is 19.2 Å². The fraction of sp³-hybridized carbons (Fsp3) is 0.412. The number of benzene rings is 1. The number of hydrogen-bond acceptors (Lipinski definition) is 5. The number of carbonyl (C=O) groups is 4. The van der Waals surface area contributed by atoms with Gasteiger partial charge in [0.2, 0.25) is 0 Å². The minimum absolute atomic E-state index is 0.499. The van der Waals surface area contributed by atoms with E-state index in [1.54, 1.807) is 12.1 Å². The summed E-state index contributed by atoms with van der Waals surface area (Å²) in [7, 11) is 0. The van der Waals surface area contributed by atoms with Gasteiger partial charge >= 0.3 is 12.0 Å². The summed E-state index contributed by atoms with van der Waals surface area (Å²) in [5, 5.41) is 5.05. The minimum Gasteiger partial charge on any atom is -0.454 e. The van der Waals surface area contributed by atoms with Crippen molar-refractivity contribution in [3.63, 3.8) is 0 Å². The maximum atomic E-state index is 12.0. The van der Waals surface area contributed by atoms with E-state index >= 15 is 0 Å². The zero-order valence-electron chi connectivity index (χ0n) is 14.4. The van der Waals surface area contributed by atoms with Crippen molar-refractivity contribution in [2.75, 3.05) is 18.5 Å². The van der Waals surface area contributed by atoms with E-state index in [2.05, 4.69) is 10.6 Å². The molecule has 0 aromatic heterocycles. The van der Waals surface area contributed by atoms with Crippen LogP contribution < -0.4 is 10.6 Å². The molecule has 4 amide bonds. The van der Waals surface area contributed by atoms with Crippen molar-refractivity contribution in [2.45, 2.75) is 32.7 Å². The second kappa shape index (κ2) is 7.33. The van der Waals surface area contributed by atoms with E-state index in [0.29, 0.717) is 5.69 Å². The van der Waals surface area contributed by atoms with Gasteiger partial charge in [0.25, 0.3) is 11.8 Å². The van der Waals surface area contributed by atoms with Crippen LogP contribution in [0.4, 0.5) is 10.5 Å². The third-order valence-corrected chi connectivity index (χ3v) is 3.74. The summed E-state index contributed by atoms with van der Waals surface area (Å²) < 4.78 is 4.82. The predicted molar refractivity (Wildman–Crippen MR) is 89.7 cm³/mol. The highest BCUT2D eigenvalue weighted by Gasteiger charge is 2.45. The molecule has 0 saturated carbocycles. The predicted octanol–water partition coefficient (Wildman–Crippen LogP) is 1.06. The Morgan fingerprint density at radius 2 is 1.84 bits per heavy atom. The van der Waals surface area contributed by atoms with Gasteiger partial charge in [-0.3, -0.25) is 19.3 Å². The maximum Gasteiger partial charge on any atom is 0.326 e. The summed E-state index contributed by atoms with van der Waals surface area (Å²) in [5.41, 5.74) is 0.675. The van der Waals surface area contributed by atoms with Crippen LogP contribution in [-0.4, -0.2) is 47.4 Å². The highest BCUT2D eigenvalue weighted by Crippen LogP contribution is 2.16. The molecule has 1 aromatic carbocycles. The van der Waals surface area contributed by atoms with Crippen LogP contribution in [0.5, 0.6) is 0 Å². The molecule has 1 fully saturated rings. The normalized spacial score (nSPS) is 15.7. The standard InChI is InChI=1S/C17H21N3O5/c1-4-11-5-7-12(8-6-11)18-13(21)10-25-14(22)9-20-15(23)17(2,3)19-16(20)24/h5-8H,4,9-10H2,1-3H3,(H,18,21)(H,19,24). The van der Waals surface area contributed by atoms with Gasteiger partial charge in [-0.25, -0.2) is 4.79 Å². The van der Waals surface area contributed by atoms with Crippen molar-refractivity contribution in [3.8, 4) is 0 Å². The van der Waals surface area contributed by atoms with Gasteiger partial charge in [0.15, 0.2) is 6.61 Å². The highest BCUT2D eigenvalue weighted by atomic mass is 16.5. The number of carbonyl (C=O) groups excluding carboxylic acids is 4. The molecule has 0 spiro atoms. The molecule has 134 valence electrons. The number of esters is 1. The molecule has 2 N–H and O–H groups in total. The van der Waals surface area contributed by atoms with E-state index in [1.807, 2.05) is 19.1 Å². The molecule has 1 heterocycles. The molecule has 1 saturated heterocycles. The lowest BCUT2D eigenvalue weighted by Crippen LogP contribution is -2.41. The molecule has 0 radical (unpaired) electrons. The molecule has 2 rings (SSSR count). The molecule has 8 nitrogen and oxygen atoms in total. The van der Waals surface area contributed by atoms with Gasteiger partial charge in [0.05, 0.1) is 0 Å². The number of rotatable bonds is 6. The van der Waals surface area contributed by atoms with Crippen molar-refractivity contribution < 1.29 is 23.9 Å². The number of nitrogens with one attached hydrogen (secondary N) is 2. The lowest BCUT2D eigenvalue weighted by molar-refractivity contribution is -0.150. The van der Waals surface area contributed by atoms with Crippen molar-refractivity contribution >= 4 is 29.5 Å². The number of anilines is 1. The Labute approximate surface area is 145 Å². The first-order chi connectivity index (χ1) is 11.7. The van der Waals surface area contributed by atoms with Gasteiger partial charge in [-0.15, -0.1) is 0 Å². The fourth-order valence-corrected chi connectivity index (χ4v) is 2.30. The monoisotopic (exact) mass is 347 g/mol. The van der Waals surface area contributed by atoms with Crippen LogP contribution in [0.25, 0.3) is 0 Å². The highest BCUT2D eigenvalue weighted by molar-refractivity contribution is 6.08. The van der Waals surface area contributed by atoms with E-state index < -0.39 is 42.5 Å². The smallest absolute Gasteiger partial charge is 0.326 e. The first-order valence-corrected chi connectivity index (χ1v) is 7.91. The van der Waals surface area contributed by atoms with Gasteiger partial charge < -0.3 is 15.4 Å². The molecule has 0 unspecified atom stereocenters. The van der Waals surface area contributed by atoms with Crippen LogP contribution in [0, 0.1) is 0 Å². The number of aryl methyl sites for hydroxylation is 1. The summed E-state index contributed by atoms with van der Waals surface area (Å²) in [6.07, 6.45) is 0.894. The number of hydrogen-bond donors (Lipinski definition) is 2. The molecular weight excluding hydrogens is 326 g/mol. The Bertz CT molecular complexity index is 697. The summed E-state index contributed by atoms with van der Waals surface area (Å²) in [4.78, 5) is 48.0. The number of nitrogens with zero attached hydrogens (tertiary/aromatic N) is 1. The lowest BCUT2D eigenvalue weighted by Gasteiger charge is -2.15. The Kier molecular flexibility index (Phi) is 5.41. The summed E-state index contributed by atoms with van der Waals surface area (Å²) >= 11 is 0. The molecule has 0 bridgehead atoms. The first-order valence-electron chi connectivity index (χ1n) is 7.91. The number of ether oxygens (including phenoxy) is 1. The van der Waals surface area contributed by atoms with Gasteiger partial charge in [0.1, 0.15) is 12.1 Å². The Hall–Kier alpha value is -2.90. The van der Waals surface area contributed by atoms with E-state index in [-0.39, 0.29) is 0 Å². The largest absolute Gasteiger partial charge is 0.454 e. The fourth-order valence-electron chi connectivity index (χ4n) is 2.30. The van der Waals surface area contributed by atoms with Crippen molar-refractivity contribution in [3.05, 3.63) is 29.8 Å². The zero-order chi connectivity index (χ0) is 18.6. The molecule has 25 heavy (non-hydrogen) atoms. The van der Waals surface area contributed by atoms with Gasteiger partial charge in [-0.1, -0.05) is 19.1 Å². The average molecular weight is 347 g/mol. The van der Waals surface area contributed by atoms with Crippen LogP contribution in [0.1, 0.15) is 26.3 Å². The molecule has 0 atom stereocenters. The van der Waals surface area contributed by atoms with Crippen molar-refractivity contribution in [2.24, 2.45) is 0 Å². The number of amides is 4. The molecular formula is C17H21N3O5. The molecule has 1 aliphatic rings. The third kappa shape index (κ3) is 4.56. The number of imide groups is 1. The summed E-state index contributed by atoms with van der Waals surface area (Å²) in [5.74, 6) is -1.86. The molecule has 1 aliphatic heterocycles. The lowest BCUT2D eigenvalue weighted by atomic mass is 10.1. The third-order valence-electron chi connectivity index (χ3n) is 3.74. The van der Waals surface area contributed by atoms with Crippen LogP contribution in [0.15, 0.2) is 24.3 Å². The average Bonchev–Trinajstić information content (AvgIpc) is 2.75. The Morgan fingerprint density at radius 3 is 2.36 bits per heavy atom. The van der Waals surface area contributed by atoms with E-state index in [0.717, 1.165) is 16.9 Å². The van der Waals surface area contributed by atoms with Crippen molar-refractivity contribution in [1.29, 1.82) is 0 Å². The van der Waals surface area contributed by atoms with Crippen LogP contribution in [-0.2, 0) is 25.5 Å². The van der Waals surface area contributed by atoms with Crippen LogP contribution in [0.2, 0.25) is 0 Å². The molecule has 0 aliphatic carbocycles. The minimum atomic E-state index is -1.06. The SMILES string of the molecule is CCc1ccc(NC(=O)COC(=O)CN2C(=O)NC(C)(C)C2=O)cc1. The van der Waals surface area contributed by atoms with Crippen LogP contribution >= 0.6 is 0 Å². The topological polar surface area (TPSA) is 105 Å². The summed E-state index contributed by atoms with van der Waals surface area (Å²) in [6, 6.07) is 6.64. The van der Waals surface area contributed by atoms with E-state index in [1.165, 1.54) is 13.8 Å². The Morgan fingerprint density at radius 1 is 1.20 bits per heavy atom. The van der Waals surface area contributed by atoms with Crippen LogP contribution in [0.3, 0.4) is 0 Å². The van der Waals surface area contributed by atoms with Gasteiger partial charge in [-0.2, -0.15) is 0 Å². The maximum absolute atomic E-state index is 12.0. The second-order valence-electron chi connectivity index (χ2n) is 6.21. The Balaban J connectivity index is 1.80. The van der Waals surface area contributed by atoms with Gasteiger partial charge in [0, 0.05) is 5.69 Å². The first kappa shape index (κ1) is 18.4. The summed E-state index contributed by atoms with van der Waals surface area (Å²) in [6.45, 7) is 4.07. The van der Waals surface area contributed by atoms with Crippen molar-refractivity contribution in [1.82, 2.24) is 10.2 Å². The van der Waals surface area contributed by atoms with E-state index in [4.69, 9.17) is 4.74 Å². The quantitative estimate of drug-likeness (QED) is 0.591. The van der Waals surface area contributed by atoms with Gasteiger partial charge in [-0.05, 0) is 38.0 Å². The number of urea groups is 1. The zero-order valence-corrected chi connectivity index (χ0v) is 14.4. The molecule has 1 aromatic rings. The molecule has 8 heteroatoms. The second-order valence-corrected chi connectivity index (χ2v) is 6.21.